The lowest BCUT2D eigenvalue weighted by molar-refractivity contribution is -0.120. The second-order valence-electron chi connectivity index (χ2n) is 9.18. The number of hydrogen-bond acceptors (Lipinski definition) is 7. The Morgan fingerprint density at radius 2 is 1.94 bits per heavy atom. The van der Waals surface area contributed by atoms with E-state index in [2.05, 4.69) is 15.2 Å². The van der Waals surface area contributed by atoms with Gasteiger partial charge in [-0.1, -0.05) is 38.5 Å². The third-order valence-electron chi connectivity index (χ3n) is 7.12. The van der Waals surface area contributed by atoms with Crippen molar-refractivity contribution in [3.63, 3.8) is 0 Å². The molecule has 0 saturated heterocycles. The lowest BCUT2D eigenvalue weighted by Crippen LogP contribution is -2.56. The summed E-state index contributed by atoms with van der Waals surface area (Å²) in [6, 6.07) is 1.73. The number of likely N-dealkylation sites (N-methyl/N-ethyl adjacent to an activating group) is 1. The normalized spacial score (nSPS) is 21.9. The van der Waals surface area contributed by atoms with E-state index in [1.165, 1.54) is 38.5 Å². The first kappa shape index (κ1) is 21.2. The molecule has 32 heavy (non-hydrogen) atoms. The number of thiophene rings is 1. The Hall–Kier alpha value is -2.68. The van der Waals surface area contributed by atoms with E-state index >= 15 is 0 Å². The first-order valence-corrected chi connectivity index (χ1v) is 12.4. The molecule has 2 N–H and O–H groups in total. The van der Waals surface area contributed by atoms with Gasteiger partial charge in [0.15, 0.2) is 5.82 Å². The van der Waals surface area contributed by atoms with Crippen molar-refractivity contribution < 1.29 is 14.7 Å². The number of nitrogens with one attached hydrogen (secondary N) is 1. The Kier molecular flexibility index (Phi) is 5.75. The summed E-state index contributed by atoms with van der Waals surface area (Å²) in [6.07, 6.45) is 12.1. The number of amides is 1. The number of hydrogen-bond donors (Lipinski definition) is 2. The Labute approximate surface area is 191 Å². The molecule has 2 saturated carbocycles. The maximum Gasteiger partial charge on any atom is 0.345 e. The third-order valence-corrected chi connectivity index (χ3v) is 8.04. The van der Waals surface area contributed by atoms with E-state index in [4.69, 9.17) is 4.98 Å². The van der Waals surface area contributed by atoms with E-state index in [1.807, 2.05) is 7.05 Å². The highest BCUT2D eigenvalue weighted by Gasteiger charge is 2.43. The number of carboxylic acid groups (broad SMARTS) is 1. The van der Waals surface area contributed by atoms with Gasteiger partial charge in [-0.05, 0) is 31.2 Å². The first-order chi connectivity index (χ1) is 15.5. The van der Waals surface area contributed by atoms with Crippen molar-refractivity contribution in [3.8, 4) is 0 Å². The van der Waals surface area contributed by atoms with Crippen LogP contribution < -0.4 is 15.1 Å². The largest absolute Gasteiger partial charge is 0.477 e. The summed E-state index contributed by atoms with van der Waals surface area (Å²) in [7, 11) is 1.82. The lowest BCUT2D eigenvalue weighted by atomic mass is 9.93. The number of aromatic carboxylic acids is 1. The van der Waals surface area contributed by atoms with Gasteiger partial charge in [-0.3, -0.25) is 4.79 Å². The number of carbonyl (C=O) groups excluding carboxylic acids is 1. The molecule has 0 aromatic carbocycles. The SMILES string of the molecule is CN1C(=O)[C@@H](CC2CCCC2)N(C2CCCC2)c2nc(Nc3csc(C(=O)O)c3)ncc21. The van der Waals surface area contributed by atoms with E-state index in [-0.39, 0.29) is 16.8 Å². The van der Waals surface area contributed by atoms with Gasteiger partial charge in [0.2, 0.25) is 11.9 Å². The highest BCUT2D eigenvalue weighted by atomic mass is 32.1. The summed E-state index contributed by atoms with van der Waals surface area (Å²) in [5.41, 5.74) is 1.40. The minimum atomic E-state index is -0.947. The van der Waals surface area contributed by atoms with Gasteiger partial charge in [-0.15, -0.1) is 11.3 Å². The van der Waals surface area contributed by atoms with Crippen LogP contribution in [0.25, 0.3) is 0 Å². The van der Waals surface area contributed by atoms with Crippen LogP contribution in [0.1, 0.15) is 67.5 Å². The molecule has 3 aliphatic rings. The van der Waals surface area contributed by atoms with Crippen molar-refractivity contribution >= 4 is 46.4 Å². The van der Waals surface area contributed by atoms with Crippen LogP contribution in [0.2, 0.25) is 0 Å². The number of aromatic nitrogens is 2. The average Bonchev–Trinajstić information content (AvgIpc) is 3.55. The lowest BCUT2D eigenvalue weighted by Gasteiger charge is -2.44. The fraction of sp³-hybridized carbons (Fsp3) is 0.565. The second-order valence-corrected chi connectivity index (χ2v) is 10.1. The van der Waals surface area contributed by atoms with E-state index in [0.717, 1.165) is 42.1 Å². The Morgan fingerprint density at radius 3 is 2.62 bits per heavy atom. The summed E-state index contributed by atoms with van der Waals surface area (Å²) in [4.78, 5) is 38.2. The number of nitrogens with zero attached hydrogens (tertiary/aromatic N) is 4. The zero-order chi connectivity index (χ0) is 22.2. The molecule has 3 heterocycles. The number of fused-ring (bicyclic) bond motifs is 1. The van der Waals surface area contributed by atoms with E-state index in [1.54, 1.807) is 22.5 Å². The van der Waals surface area contributed by atoms with Crippen molar-refractivity contribution in [2.24, 2.45) is 5.92 Å². The van der Waals surface area contributed by atoms with Crippen LogP contribution in [0.3, 0.4) is 0 Å². The van der Waals surface area contributed by atoms with Gasteiger partial charge in [0.25, 0.3) is 0 Å². The summed E-state index contributed by atoms with van der Waals surface area (Å²) in [6.45, 7) is 0. The molecule has 9 heteroatoms. The van der Waals surface area contributed by atoms with Gasteiger partial charge < -0.3 is 20.2 Å². The molecule has 2 fully saturated rings. The average molecular weight is 456 g/mol. The molecule has 2 aromatic heterocycles. The van der Waals surface area contributed by atoms with Gasteiger partial charge in [0, 0.05) is 18.5 Å². The molecular formula is C23H29N5O3S. The molecule has 0 unspecified atom stereocenters. The summed E-state index contributed by atoms with van der Waals surface area (Å²) in [5, 5.41) is 14.1. The fourth-order valence-corrected chi connectivity index (χ4v) is 6.17. The Bertz CT molecular complexity index is 1010. The van der Waals surface area contributed by atoms with Crippen LogP contribution in [-0.2, 0) is 4.79 Å². The van der Waals surface area contributed by atoms with Crippen LogP contribution in [0.5, 0.6) is 0 Å². The van der Waals surface area contributed by atoms with Gasteiger partial charge in [0.1, 0.15) is 16.6 Å². The molecule has 170 valence electrons. The molecule has 1 aliphatic heterocycles. The number of anilines is 4. The van der Waals surface area contributed by atoms with Crippen LogP contribution in [0, 0.1) is 5.92 Å². The highest BCUT2D eigenvalue weighted by molar-refractivity contribution is 7.12. The Morgan fingerprint density at radius 1 is 1.22 bits per heavy atom. The van der Waals surface area contributed by atoms with E-state index < -0.39 is 5.97 Å². The topological polar surface area (TPSA) is 98.7 Å². The molecule has 1 amide bonds. The molecule has 5 rings (SSSR count). The summed E-state index contributed by atoms with van der Waals surface area (Å²) < 4.78 is 0. The predicted octanol–water partition coefficient (Wildman–Crippen LogP) is 4.65. The maximum absolute atomic E-state index is 13.4. The number of carboxylic acids is 1. The Balaban J connectivity index is 1.49. The zero-order valence-corrected chi connectivity index (χ0v) is 19.1. The fourth-order valence-electron chi connectivity index (χ4n) is 5.49. The first-order valence-electron chi connectivity index (χ1n) is 11.5. The van der Waals surface area contributed by atoms with Crippen molar-refractivity contribution in [1.29, 1.82) is 0 Å². The number of carbonyl (C=O) groups is 2. The smallest absolute Gasteiger partial charge is 0.345 e. The second kappa shape index (κ2) is 8.69. The van der Waals surface area contributed by atoms with Gasteiger partial charge in [-0.25, -0.2) is 9.78 Å². The van der Waals surface area contributed by atoms with Crippen molar-refractivity contribution in [1.82, 2.24) is 9.97 Å². The van der Waals surface area contributed by atoms with Crippen LogP contribution in [0.4, 0.5) is 23.1 Å². The van der Waals surface area contributed by atoms with Gasteiger partial charge >= 0.3 is 5.97 Å². The quantitative estimate of drug-likeness (QED) is 0.654. The van der Waals surface area contributed by atoms with Gasteiger partial charge in [-0.2, -0.15) is 4.98 Å². The van der Waals surface area contributed by atoms with Gasteiger partial charge in [0.05, 0.1) is 11.9 Å². The molecule has 2 aromatic rings. The number of rotatable bonds is 6. The van der Waals surface area contributed by atoms with E-state index in [0.29, 0.717) is 23.6 Å². The molecular weight excluding hydrogens is 426 g/mol. The standard InChI is InChI=1S/C23H29N5O3S/c1-27-18-12-24-23(25-15-11-19(22(30)31)32-13-15)26-20(18)28(16-8-4-5-9-16)17(21(27)29)10-14-6-2-3-7-14/h11-14,16-17H,2-10H2,1H3,(H,30,31)(H,24,25,26)/t17-/m1/s1. The highest BCUT2D eigenvalue weighted by Crippen LogP contribution is 2.42. The molecule has 1 atom stereocenters. The van der Waals surface area contributed by atoms with Crippen LogP contribution in [0.15, 0.2) is 17.6 Å². The molecule has 2 aliphatic carbocycles. The van der Waals surface area contributed by atoms with Crippen molar-refractivity contribution in [2.75, 3.05) is 22.2 Å². The minimum absolute atomic E-state index is 0.143. The molecule has 0 radical (unpaired) electrons. The predicted molar refractivity (Wildman–Crippen MR) is 125 cm³/mol. The molecule has 0 bridgehead atoms. The third kappa shape index (κ3) is 3.94. The monoisotopic (exact) mass is 455 g/mol. The molecule has 8 nitrogen and oxygen atoms in total. The summed E-state index contributed by atoms with van der Waals surface area (Å²) >= 11 is 1.16. The minimum Gasteiger partial charge on any atom is -0.477 e. The van der Waals surface area contributed by atoms with Crippen molar-refractivity contribution in [3.05, 3.63) is 22.5 Å². The zero-order valence-electron chi connectivity index (χ0n) is 18.3. The summed E-state index contributed by atoms with van der Waals surface area (Å²) in [5.74, 6) is 1.03. The van der Waals surface area contributed by atoms with Crippen LogP contribution in [-0.4, -0.2) is 46.1 Å². The van der Waals surface area contributed by atoms with Crippen LogP contribution >= 0.6 is 11.3 Å². The molecule has 0 spiro atoms. The van der Waals surface area contributed by atoms with Crippen molar-refractivity contribution in [2.45, 2.75) is 69.9 Å². The van der Waals surface area contributed by atoms with E-state index in [9.17, 15) is 14.7 Å². The maximum atomic E-state index is 13.4.